The Bertz CT molecular complexity index is 1000. The van der Waals surface area contributed by atoms with Gasteiger partial charge in [0.25, 0.3) is 0 Å². The highest BCUT2D eigenvalue weighted by atomic mass is 16.5. The predicted octanol–water partition coefficient (Wildman–Crippen LogP) is 6.40. The van der Waals surface area contributed by atoms with Gasteiger partial charge in [0.1, 0.15) is 5.75 Å². The van der Waals surface area contributed by atoms with Gasteiger partial charge in [-0.25, -0.2) is 4.99 Å². The normalized spacial score (nSPS) is 11.9. The molecule has 0 aliphatic carbocycles. The van der Waals surface area contributed by atoms with E-state index in [4.69, 9.17) is 14.2 Å². The number of hydrogen-bond acceptors (Lipinski definition) is 4. The first-order valence-electron chi connectivity index (χ1n) is 9.42. The summed E-state index contributed by atoms with van der Waals surface area (Å²) in [5, 5.41) is 0. The maximum Gasteiger partial charge on any atom is 0.225 e. The van der Waals surface area contributed by atoms with E-state index in [2.05, 4.69) is 11.1 Å². The summed E-state index contributed by atoms with van der Waals surface area (Å²) in [6.45, 7) is 5.99. The fraction of sp³-hybridized carbons (Fsp3) is 0.160. The molecule has 0 amide bonds. The van der Waals surface area contributed by atoms with Crippen LogP contribution in [-0.4, -0.2) is 13.0 Å². The van der Waals surface area contributed by atoms with Gasteiger partial charge in [-0.3, -0.25) is 0 Å². The van der Waals surface area contributed by atoms with Crippen molar-refractivity contribution < 1.29 is 14.2 Å². The van der Waals surface area contributed by atoms with Crippen molar-refractivity contribution in [3.63, 3.8) is 0 Å². The third kappa shape index (κ3) is 5.72. The molecule has 0 unspecified atom stereocenters. The molecule has 0 heterocycles. The molecule has 29 heavy (non-hydrogen) atoms. The molecule has 0 N–H and O–H groups in total. The number of methoxy groups -OCH3 is 1. The second-order valence-corrected chi connectivity index (χ2v) is 6.75. The molecule has 3 aromatic carbocycles. The lowest BCUT2D eigenvalue weighted by molar-refractivity contribution is 0.377. The van der Waals surface area contributed by atoms with Gasteiger partial charge in [0.05, 0.1) is 19.1 Å². The smallest absolute Gasteiger partial charge is 0.225 e. The Hall–Kier alpha value is -3.53. The average Bonchev–Trinajstić information content (AvgIpc) is 2.71. The third-order valence-corrected chi connectivity index (χ3v) is 4.17. The first-order valence-corrected chi connectivity index (χ1v) is 9.42. The highest BCUT2D eigenvalue weighted by molar-refractivity contribution is 5.96. The van der Waals surface area contributed by atoms with E-state index >= 15 is 0 Å². The summed E-state index contributed by atoms with van der Waals surface area (Å²) in [5.74, 6) is 2.49. The summed E-state index contributed by atoms with van der Waals surface area (Å²) < 4.78 is 17.3. The molecular formula is C25H25NO3. The van der Waals surface area contributed by atoms with E-state index in [1.807, 2.05) is 87.5 Å². The van der Waals surface area contributed by atoms with Crippen LogP contribution in [0.1, 0.15) is 18.1 Å². The highest BCUT2D eigenvalue weighted by Gasteiger charge is 2.10. The van der Waals surface area contributed by atoms with Crippen LogP contribution in [0.2, 0.25) is 0 Å². The van der Waals surface area contributed by atoms with E-state index in [9.17, 15) is 0 Å². The van der Waals surface area contributed by atoms with Gasteiger partial charge in [0.2, 0.25) is 5.90 Å². The SMILES string of the molecule is COc1ccccc1O/C=C(C)/C(=N/c1ccccc1)Oc1cc(C)cc(C)c1. The van der Waals surface area contributed by atoms with E-state index in [1.165, 1.54) is 0 Å². The summed E-state index contributed by atoms with van der Waals surface area (Å²) >= 11 is 0. The van der Waals surface area contributed by atoms with Gasteiger partial charge >= 0.3 is 0 Å². The van der Waals surface area contributed by atoms with Crippen LogP contribution in [-0.2, 0) is 0 Å². The van der Waals surface area contributed by atoms with Crippen molar-refractivity contribution in [1.29, 1.82) is 0 Å². The standard InChI is InChI=1S/C25H25NO3/c1-18-14-19(2)16-22(15-18)29-25(26-21-10-6-5-7-11-21)20(3)17-28-24-13-9-8-12-23(24)27-4/h5-17H,1-4H3/b20-17+,26-25-. The fourth-order valence-electron chi connectivity index (χ4n) is 2.83. The number of ether oxygens (including phenoxy) is 3. The molecule has 3 aromatic rings. The van der Waals surface area contributed by atoms with Crippen LogP contribution in [0.4, 0.5) is 5.69 Å². The molecule has 148 valence electrons. The second kappa shape index (κ2) is 9.60. The second-order valence-electron chi connectivity index (χ2n) is 6.75. The molecule has 0 bridgehead atoms. The molecule has 4 heteroatoms. The maximum absolute atomic E-state index is 6.16. The van der Waals surface area contributed by atoms with Gasteiger partial charge in [-0.1, -0.05) is 36.4 Å². The number of aliphatic imine (C=N–C) groups is 1. The van der Waals surface area contributed by atoms with Gasteiger partial charge < -0.3 is 14.2 Å². The first-order chi connectivity index (χ1) is 14.0. The minimum Gasteiger partial charge on any atom is -0.493 e. The number of aryl methyl sites for hydroxylation is 2. The van der Waals surface area contributed by atoms with Crippen molar-refractivity contribution in [1.82, 2.24) is 0 Å². The van der Waals surface area contributed by atoms with Crippen molar-refractivity contribution in [3.8, 4) is 17.2 Å². The van der Waals surface area contributed by atoms with Gasteiger partial charge in [-0.2, -0.15) is 0 Å². The topological polar surface area (TPSA) is 40.0 Å². The minimum atomic E-state index is 0.469. The van der Waals surface area contributed by atoms with Crippen LogP contribution in [0.15, 0.2) is 89.6 Å². The van der Waals surface area contributed by atoms with E-state index in [-0.39, 0.29) is 0 Å². The number of hydrogen-bond donors (Lipinski definition) is 0. The zero-order valence-corrected chi connectivity index (χ0v) is 17.2. The summed E-state index contributed by atoms with van der Waals surface area (Å²) in [5.41, 5.74) is 3.81. The van der Waals surface area contributed by atoms with Crippen molar-refractivity contribution >= 4 is 11.6 Å². The van der Waals surface area contributed by atoms with Crippen LogP contribution in [0.25, 0.3) is 0 Å². The van der Waals surface area contributed by atoms with Crippen LogP contribution in [0, 0.1) is 13.8 Å². The molecular weight excluding hydrogens is 362 g/mol. The minimum absolute atomic E-state index is 0.469. The molecule has 0 aromatic heterocycles. The molecule has 0 aliphatic rings. The molecule has 0 fully saturated rings. The largest absolute Gasteiger partial charge is 0.493 e. The van der Waals surface area contributed by atoms with E-state index in [0.29, 0.717) is 17.4 Å². The van der Waals surface area contributed by atoms with Crippen molar-refractivity contribution in [2.24, 2.45) is 4.99 Å². The van der Waals surface area contributed by atoms with E-state index < -0.39 is 0 Å². The van der Waals surface area contributed by atoms with Crippen LogP contribution < -0.4 is 14.2 Å². The first kappa shape index (κ1) is 20.2. The van der Waals surface area contributed by atoms with Gasteiger partial charge in [0, 0.05) is 5.57 Å². The number of benzene rings is 3. The molecule has 0 saturated heterocycles. The molecule has 0 spiro atoms. The van der Waals surface area contributed by atoms with E-state index in [0.717, 1.165) is 28.1 Å². The van der Waals surface area contributed by atoms with Gasteiger partial charge in [0.15, 0.2) is 11.5 Å². The predicted molar refractivity (Wildman–Crippen MR) is 117 cm³/mol. The van der Waals surface area contributed by atoms with Crippen LogP contribution in [0.5, 0.6) is 17.2 Å². The summed E-state index contributed by atoms with van der Waals surface area (Å²) in [6.07, 6.45) is 1.63. The monoisotopic (exact) mass is 387 g/mol. The zero-order chi connectivity index (χ0) is 20.6. The molecule has 0 radical (unpaired) electrons. The quantitative estimate of drug-likeness (QED) is 0.279. The van der Waals surface area contributed by atoms with Crippen LogP contribution in [0.3, 0.4) is 0 Å². The maximum atomic E-state index is 6.16. The lowest BCUT2D eigenvalue weighted by atomic mass is 10.1. The molecule has 3 rings (SSSR count). The molecule has 0 atom stereocenters. The van der Waals surface area contributed by atoms with E-state index in [1.54, 1.807) is 13.4 Å². The zero-order valence-electron chi connectivity index (χ0n) is 17.2. The van der Waals surface area contributed by atoms with Gasteiger partial charge in [-0.15, -0.1) is 0 Å². The number of nitrogens with zero attached hydrogens (tertiary/aromatic N) is 1. The lowest BCUT2D eigenvalue weighted by Gasteiger charge is -2.12. The van der Waals surface area contributed by atoms with Crippen molar-refractivity contribution in [2.75, 3.05) is 7.11 Å². The molecule has 0 saturated carbocycles. The molecule has 4 nitrogen and oxygen atoms in total. The number of rotatable bonds is 6. The average molecular weight is 387 g/mol. The van der Waals surface area contributed by atoms with Crippen molar-refractivity contribution in [3.05, 3.63) is 95.8 Å². The Morgan fingerprint density at radius 3 is 2.10 bits per heavy atom. The Kier molecular flexibility index (Phi) is 6.69. The summed E-state index contributed by atoms with van der Waals surface area (Å²) in [6, 6.07) is 23.3. The Balaban J connectivity index is 1.92. The van der Waals surface area contributed by atoms with Crippen molar-refractivity contribution in [2.45, 2.75) is 20.8 Å². The summed E-state index contributed by atoms with van der Waals surface area (Å²) in [7, 11) is 1.62. The lowest BCUT2D eigenvalue weighted by Crippen LogP contribution is -2.11. The van der Waals surface area contributed by atoms with Crippen LogP contribution >= 0.6 is 0 Å². The Morgan fingerprint density at radius 1 is 0.828 bits per heavy atom. The summed E-state index contributed by atoms with van der Waals surface area (Å²) in [4.78, 5) is 4.68. The highest BCUT2D eigenvalue weighted by Crippen LogP contribution is 2.27. The third-order valence-electron chi connectivity index (χ3n) is 4.17. The Morgan fingerprint density at radius 2 is 1.45 bits per heavy atom. The fourth-order valence-corrected chi connectivity index (χ4v) is 2.83. The Labute approximate surface area is 172 Å². The number of para-hydroxylation sites is 3. The molecule has 0 aliphatic heterocycles. The van der Waals surface area contributed by atoms with Gasteiger partial charge in [-0.05, 0) is 68.3 Å².